The summed E-state index contributed by atoms with van der Waals surface area (Å²) in [6.07, 6.45) is 1.33. The zero-order valence-corrected chi connectivity index (χ0v) is 14.3. The van der Waals surface area contributed by atoms with Gasteiger partial charge in [-0.05, 0) is 47.9 Å². The minimum absolute atomic E-state index is 0.309. The molecule has 128 valence electrons. The maximum absolute atomic E-state index is 12.3. The van der Waals surface area contributed by atoms with Crippen LogP contribution in [-0.4, -0.2) is 5.97 Å². The molecule has 0 saturated heterocycles. The standard InChI is InChI=1S/C22H17NO3/c1-16(17-5-3-2-4-6-17)26-22(24)20-9-7-18(8-10-20)19-11-13-21(14-12-19)25-15-23/h2-14,16H,1H3. The highest BCUT2D eigenvalue weighted by molar-refractivity contribution is 5.90. The Hall–Kier alpha value is -3.58. The monoisotopic (exact) mass is 343 g/mol. The first-order valence-electron chi connectivity index (χ1n) is 8.20. The first kappa shape index (κ1) is 17.2. The normalized spacial score (nSPS) is 11.2. The molecule has 4 nitrogen and oxygen atoms in total. The fourth-order valence-corrected chi connectivity index (χ4v) is 2.59. The van der Waals surface area contributed by atoms with Crippen LogP contribution in [0, 0.1) is 11.5 Å². The van der Waals surface area contributed by atoms with Gasteiger partial charge in [0, 0.05) is 0 Å². The van der Waals surface area contributed by atoms with Gasteiger partial charge in [-0.3, -0.25) is 0 Å². The number of benzene rings is 3. The van der Waals surface area contributed by atoms with Gasteiger partial charge in [-0.1, -0.05) is 54.6 Å². The molecule has 0 radical (unpaired) electrons. The van der Waals surface area contributed by atoms with Crippen molar-refractivity contribution in [3.63, 3.8) is 0 Å². The third-order valence-corrected chi connectivity index (χ3v) is 4.02. The molecule has 0 amide bonds. The Labute approximate surface area is 152 Å². The Morgan fingerprint density at radius 3 is 2.04 bits per heavy atom. The number of nitrogens with zero attached hydrogens (tertiary/aromatic N) is 1. The summed E-state index contributed by atoms with van der Waals surface area (Å²) in [6, 6.07) is 24.0. The highest BCUT2D eigenvalue weighted by atomic mass is 16.5. The number of rotatable bonds is 5. The molecule has 0 aliphatic heterocycles. The van der Waals surface area contributed by atoms with Crippen LogP contribution in [0.1, 0.15) is 28.9 Å². The van der Waals surface area contributed by atoms with Crippen LogP contribution in [0.15, 0.2) is 78.9 Å². The summed E-state index contributed by atoms with van der Waals surface area (Å²) in [5, 5.41) is 8.51. The lowest BCUT2D eigenvalue weighted by Crippen LogP contribution is -2.09. The topological polar surface area (TPSA) is 59.3 Å². The Morgan fingerprint density at radius 1 is 0.885 bits per heavy atom. The van der Waals surface area contributed by atoms with Crippen LogP contribution in [-0.2, 0) is 4.74 Å². The lowest BCUT2D eigenvalue weighted by atomic mass is 10.0. The van der Waals surface area contributed by atoms with Crippen molar-refractivity contribution >= 4 is 5.97 Å². The van der Waals surface area contributed by atoms with E-state index >= 15 is 0 Å². The van der Waals surface area contributed by atoms with Gasteiger partial charge in [0.2, 0.25) is 0 Å². The second-order valence-electron chi connectivity index (χ2n) is 5.75. The van der Waals surface area contributed by atoms with Gasteiger partial charge in [-0.15, -0.1) is 5.26 Å². The van der Waals surface area contributed by atoms with Gasteiger partial charge in [0.25, 0.3) is 6.26 Å². The number of carbonyl (C=O) groups excluding carboxylic acids is 1. The molecule has 0 aliphatic rings. The molecule has 0 aromatic heterocycles. The Kier molecular flexibility index (Phi) is 5.31. The van der Waals surface area contributed by atoms with Crippen LogP contribution >= 0.6 is 0 Å². The van der Waals surface area contributed by atoms with Crippen molar-refractivity contribution in [1.82, 2.24) is 0 Å². The summed E-state index contributed by atoms with van der Waals surface area (Å²) < 4.78 is 10.3. The quantitative estimate of drug-likeness (QED) is 0.476. The molecule has 1 unspecified atom stereocenters. The van der Waals surface area contributed by atoms with Gasteiger partial charge in [-0.2, -0.15) is 0 Å². The molecule has 3 aromatic rings. The van der Waals surface area contributed by atoms with Gasteiger partial charge in [0.15, 0.2) is 0 Å². The fourth-order valence-electron chi connectivity index (χ4n) is 2.59. The van der Waals surface area contributed by atoms with Crippen LogP contribution in [0.2, 0.25) is 0 Å². The molecule has 0 saturated carbocycles. The van der Waals surface area contributed by atoms with E-state index in [1.54, 1.807) is 30.5 Å². The van der Waals surface area contributed by atoms with Crippen molar-refractivity contribution < 1.29 is 14.3 Å². The summed E-state index contributed by atoms with van der Waals surface area (Å²) in [6.45, 7) is 1.85. The van der Waals surface area contributed by atoms with Crippen molar-refractivity contribution in [3.05, 3.63) is 90.0 Å². The van der Waals surface area contributed by atoms with Crippen molar-refractivity contribution in [1.29, 1.82) is 5.26 Å². The first-order chi connectivity index (χ1) is 12.7. The summed E-state index contributed by atoms with van der Waals surface area (Å²) >= 11 is 0. The van der Waals surface area contributed by atoms with E-state index in [4.69, 9.17) is 14.7 Å². The van der Waals surface area contributed by atoms with Crippen LogP contribution in [0.25, 0.3) is 11.1 Å². The molecule has 0 bridgehead atoms. The van der Waals surface area contributed by atoms with E-state index in [1.165, 1.54) is 0 Å². The third-order valence-electron chi connectivity index (χ3n) is 4.02. The molecule has 3 rings (SSSR count). The maximum Gasteiger partial charge on any atom is 0.338 e. The summed E-state index contributed by atoms with van der Waals surface area (Å²) in [5.74, 6) is 0.136. The predicted octanol–water partition coefficient (Wildman–Crippen LogP) is 5.13. The smallest absolute Gasteiger partial charge is 0.338 e. The molecule has 0 fully saturated rings. The summed E-state index contributed by atoms with van der Waals surface area (Å²) in [5.41, 5.74) is 3.38. The van der Waals surface area contributed by atoms with Crippen molar-refractivity contribution in [3.8, 4) is 23.1 Å². The largest absolute Gasteiger partial charge is 0.454 e. The van der Waals surface area contributed by atoms with E-state index in [-0.39, 0.29) is 12.1 Å². The van der Waals surface area contributed by atoms with Crippen LogP contribution in [0.4, 0.5) is 0 Å². The number of carbonyl (C=O) groups is 1. The highest BCUT2D eigenvalue weighted by Crippen LogP contribution is 2.24. The highest BCUT2D eigenvalue weighted by Gasteiger charge is 2.13. The van der Waals surface area contributed by atoms with E-state index in [2.05, 4.69) is 0 Å². The molecular weight excluding hydrogens is 326 g/mol. The Balaban J connectivity index is 1.69. The minimum atomic E-state index is -0.356. The second-order valence-corrected chi connectivity index (χ2v) is 5.75. The van der Waals surface area contributed by atoms with Crippen molar-refractivity contribution in [2.75, 3.05) is 0 Å². The average Bonchev–Trinajstić information content (AvgIpc) is 2.69. The Morgan fingerprint density at radius 2 is 1.46 bits per heavy atom. The zero-order valence-electron chi connectivity index (χ0n) is 14.3. The van der Waals surface area contributed by atoms with Crippen LogP contribution in [0.5, 0.6) is 5.75 Å². The second kappa shape index (κ2) is 8.00. The molecule has 1 atom stereocenters. The van der Waals surface area contributed by atoms with E-state index in [1.807, 2.05) is 61.5 Å². The minimum Gasteiger partial charge on any atom is -0.454 e. The molecular formula is C22H17NO3. The van der Waals surface area contributed by atoms with Gasteiger partial charge in [0.1, 0.15) is 11.9 Å². The molecule has 26 heavy (non-hydrogen) atoms. The maximum atomic E-state index is 12.3. The lowest BCUT2D eigenvalue weighted by Gasteiger charge is -2.13. The van der Waals surface area contributed by atoms with Gasteiger partial charge >= 0.3 is 5.97 Å². The number of hydrogen-bond donors (Lipinski definition) is 0. The number of nitriles is 1. The summed E-state index contributed by atoms with van der Waals surface area (Å²) in [4.78, 5) is 12.3. The zero-order chi connectivity index (χ0) is 18.4. The molecule has 3 aromatic carbocycles. The van der Waals surface area contributed by atoms with Crippen molar-refractivity contribution in [2.24, 2.45) is 0 Å². The first-order valence-corrected chi connectivity index (χ1v) is 8.20. The molecule has 4 heteroatoms. The summed E-state index contributed by atoms with van der Waals surface area (Å²) in [7, 11) is 0. The van der Waals surface area contributed by atoms with Gasteiger partial charge in [0.05, 0.1) is 5.56 Å². The SMILES string of the molecule is CC(OC(=O)c1ccc(-c2ccc(OC#N)cc2)cc1)c1ccccc1. The third kappa shape index (κ3) is 4.08. The van der Waals surface area contributed by atoms with Crippen LogP contribution < -0.4 is 4.74 Å². The molecule has 0 N–H and O–H groups in total. The van der Waals surface area contributed by atoms with Crippen molar-refractivity contribution in [2.45, 2.75) is 13.0 Å². The number of esters is 1. The number of ether oxygens (including phenoxy) is 2. The predicted molar refractivity (Wildman–Crippen MR) is 98.4 cm³/mol. The van der Waals surface area contributed by atoms with E-state index in [0.717, 1.165) is 16.7 Å². The number of hydrogen-bond acceptors (Lipinski definition) is 4. The van der Waals surface area contributed by atoms with E-state index in [0.29, 0.717) is 11.3 Å². The lowest BCUT2D eigenvalue weighted by molar-refractivity contribution is 0.0338. The fraction of sp³-hybridized carbons (Fsp3) is 0.0909. The van der Waals surface area contributed by atoms with Crippen LogP contribution in [0.3, 0.4) is 0 Å². The van der Waals surface area contributed by atoms with E-state index < -0.39 is 0 Å². The molecule has 0 aliphatic carbocycles. The Bertz CT molecular complexity index is 910. The van der Waals surface area contributed by atoms with Gasteiger partial charge < -0.3 is 9.47 Å². The molecule has 0 heterocycles. The molecule has 0 spiro atoms. The van der Waals surface area contributed by atoms with Gasteiger partial charge in [-0.25, -0.2) is 4.79 Å². The van der Waals surface area contributed by atoms with E-state index in [9.17, 15) is 4.79 Å². The average molecular weight is 343 g/mol.